The smallest absolute Gasteiger partial charge is 0.0233 e. The van der Waals surface area contributed by atoms with Crippen molar-refractivity contribution < 1.29 is 0 Å². The number of hydrogen-bond acceptors (Lipinski definition) is 2. The zero-order valence-corrected chi connectivity index (χ0v) is 13.9. The fourth-order valence-electron chi connectivity index (χ4n) is 3.29. The molecule has 0 radical (unpaired) electrons. The minimum atomic E-state index is 0.732. The van der Waals surface area contributed by atoms with Crippen molar-refractivity contribution in [3.8, 4) is 0 Å². The first-order valence-corrected chi connectivity index (χ1v) is 8.84. The molecule has 1 heterocycles. The number of nitrogens with zero attached hydrogens (tertiary/aromatic N) is 1. The summed E-state index contributed by atoms with van der Waals surface area (Å²) in [6, 6.07) is 12.3. The molecule has 0 aliphatic carbocycles. The van der Waals surface area contributed by atoms with Gasteiger partial charge in [-0.05, 0) is 44.3 Å². The number of benzene rings is 1. The van der Waals surface area contributed by atoms with E-state index in [0.29, 0.717) is 0 Å². The third-order valence-electron chi connectivity index (χ3n) is 4.71. The molecule has 1 saturated heterocycles. The highest BCUT2D eigenvalue weighted by atomic mass is 15.1. The summed E-state index contributed by atoms with van der Waals surface area (Å²) in [6.45, 7) is 8.18. The molecule has 1 aromatic rings. The van der Waals surface area contributed by atoms with Gasteiger partial charge in [0.15, 0.2) is 0 Å². The summed E-state index contributed by atoms with van der Waals surface area (Å²) in [5, 5.41) is 3.90. The quantitative estimate of drug-likeness (QED) is 0.771. The van der Waals surface area contributed by atoms with E-state index in [1.54, 1.807) is 0 Å². The predicted molar refractivity (Wildman–Crippen MR) is 91.5 cm³/mol. The molecule has 1 N–H and O–H groups in total. The van der Waals surface area contributed by atoms with E-state index >= 15 is 0 Å². The van der Waals surface area contributed by atoms with Gasteiger partial charge < -0.3 is 5.32 Å². The maximum atomic E-state index is 3.90. The van der Waals surface area contributed by atoms with E-state index in [1.165, 1.54) is 57.2 Å². The van der Waals surface area contributed by atoms with Crippen LogP contribution < -0.4 is 5.32 Å². The molecular formula is C19H32N2. The molecule has 0 spiro atoms. The molecule has 2 rings (SSSR count). The Morgan fingerprint density at radius 2 is 1.86 bits per heavy atom. The molecule has 1 aliphatic rings. The third-order valence-corrected chi connectivity index (χ3v) is 4.71. The Morgan fingerprint density at radius 3 is 2.48 bits per heavy atom. The molecule has 2 nitrogen and oxygen atoms in total. The van der Waals surface area contributed by atoms with Gasteiger partial charge in [0, 0.05) is 18.6 Å². The monoisotopic (exact) mass is 288 g/mol. The second-order valence-corrected chi connectivity index (χ2v) is 6.45. The molecule has 21 heavy (non-hydrogen) atoms. The molecule has 1 unspecified atom stereocenters. The predicted octanol–water partition coefficient (Wildman–Crippen LogP) is 4.21. The van der Waals surface area contributed by atoms with Crippen molar-refractivity contribution in [1.82, 2.24) is 10.2 Å². The van der Waals surface area contributed by atoms with E-state index in [9.17, 15) is 0 Å². The SMILES string of the molecule is CCCCC(CC)NC1CCN(Cc2ccccc2)CC1. The molecule has 1 fully saturated rings. The van der Waals surface area contributed by atoms with Crippen molar-refractivity contribution in [3.63, 3.8) is 0 Å². The van der Waals surface area contributed by atoms with E-state index in [0.717, 1.165) is 18.6 Å². The minimum absolute atomic E-state index is 0.732. The van der Waals surface area contributed by atoms with Crippen LogP contribution in [0.1, 0.15) is 57.9 Å². The molecular weight excluding hydrogens is 256 g/mol. The summed E-state index contributed by atoms with van der Waals surface area (Å²) in [4.78, 5) is 2.60. The maximum Gasteiger partial charge on any atom is 0.0233 e. The Balaban J connectivity index is 1.70. The van der Waals surface area contributed by atoms with Gasteiger partial charge >= 0.3 is 0 Å². The fourth-order valence-corrected chi connectivity index (χ4v) is 3.29. The van der Waals surface area contributed by atoms with Crippen LogP contribution in [0.25, 0.3) is 0 Å². The van der Waals surface area contributed by atoms with Crippen LogP contribution in [0.4, 0.5) is 0 Å². The van der Waals surface area contributed by atoms with Crippen LogP contribution in [0.5, 0.6) is 0 Å². The van der Waals surface area contributed by atoms with Gasteiger partial charge in [-0.15, -0.1) is 0 Å². The average Bonchev–Trinajstić information content (AvgIpc) is 2.54. The van der Waals surface area contributed by atoms with Crippen molar-refractivity contribution in [2.24, 2.45) is 0 Å². The first-order valence-electron chi connectivity index (χ1n) is 8.84. The number of hydrogen-bond donors (Lipinski definition) is 1. The van der Waals surface area contributed by atoms with Crippen molar-refractivity contribution in [2.75, 3.05) is 13.1 Å². The first-order chi connectivity index (χ1) is 10.3. The highest BCUT2D eigenvalue weighted by molar-refractivity contribution is 5.14. The molecule has 1 aromatic carbocycles. The maximum absolute atomic E-state index is 3.90. The number of unbranched alkanes of at least 4 members (excludes halogenated alkanes) is 1. The summed E-state index contributed by atoms with van der Waals surface area (Å²) < 4.78 is 0. The number of nitrogens with one attached hydrogen (secondary N) is 1. The van der Waals surface area contributed by atoms with E-state index in [4.69, 9.17) is 0 Å². The topological polar surface area (TPSA) is 15.3 Å². The second-order valence-electron chi connectivity index (χ2n) is 6.45. The van der Waals surface area contributed by atoms with Gasteiger partial charge in [-0.2, -0.15) is 0 Å². The standard InChI is InChI=1S/C19H32N2/c1-3-5-11-18(4-2)20-19-12-14-21(15-13-19)16-17-9-7-6-8-10-17/h6-10,18-20H,3-5,11-16H2,1-2H3. The van der Waals surface area contributed by atoms with E-state index in [1.807, 2.05) is 0 Å². The molecule has 1 atom stereocenters. The van der Waals surface area contributed by atoms with Gasteiger partial charge in [0.2, 0.25) is 0 Å². The van der Waals surface area contributed by atoms with Crippen molar-refractivity contribution in [2.45, 2.75) is 71.0 Å². The zero-order chi connectivity index (χ0) is 14.9. The number of likely N-dealkylation sites (tertiary alicyclic amines) is 1. The van der Waals surface area contributed by atoms with Crippen LogP contribution in [-0.2, 0) is 6.54 Å². The van der Waals surface area contributed by atoms with Crippen LogP contribution in [0.3, 0.4) is 0 Å². The fraction of sp³-hybridized carbons (Fsp3) is 0.684. The van der Waals surface area contributed by atoms with Gasteiger partial charge in [-0.25, -0.2) is 0 Å². The van der Waals surface area contributed by atoms with E-state index in [-0.39, 0.29) is 0 Å². The summed E-state index contributed by atoms with van der Waals surface area (Å²) >= 11 is 0. The van der Waals surface area contributed by atoms with Crippen LogP contribution in [-0.4, -0.2) is 30.1 Å². The summed E-state index contributed by atoms with van der Waals surface area (Å²) in [6.07, 6.45) is 7.89. The molecule has 0 aromatic heterocycles. The van der Waals surface area contributed by atoms with Gasteiger partial charge in [0.1, 0.15) is 0 Å². The Hall–Kier alpha value is -0.860. The molecule has 1 aliphatic heterocycles. The normalized spacial score (nSPS) is 18.8. The van der Waals surface area contributed by atoms with Crippen molar-refractivity contribution in [3.05, 3.63) is 35.9 Å². The average molecular weight is 288 g/mol. The lowest BCUT2D eigenvalue weighted by molar-refractivity contribution is 0.181. The number of rotatable bonds is 8. The summed E-state index contributed by atoms with van der Waals surface area (Å²) in [5.41, 5.74) is 1.44. The molecule has 0 bridgehead atoms. The minimum Gasteiger partial charge on any atom is -0.311 e. The molecule has 2 heteroatoms. The largest absolute Gasteiger partial charge is 0.311 e. The highest BCUT2D eigenvalue weighted by Gasteiger charge is 2.20. The van der Waals surface area contributed by atoms with Gasteiger partial charge in [0.05, 0.1) is 0 Å². The zero-order valence-electron chi connectivity index (χ0n) is 13.9. The van der Waals surface area contributed by atoms with Gasteiger partial charge in [-0.3, -0.25) is 4.90 Å². The van der Waals surface area contributed by atoms with Crippen LogP contribution in [0, 0.1) is 0 Å². The van der Waals surface area contributed by atoms with Crippen molar-refractivity contribution in [1.29, 1.82) is 0 Å². The Kier molecular flexibility index (Phi) is 7.25. The second kappa shape index (κ2) is 9.22. The summed E-state index contributed by atoms with van der Waals surface area (Å²) in [7, 11) is 0. The van der Waals surface area contributed by atoms with Crippen LogP contribution in [0.2, 0.25) is 0 Å². The van der Waals surface area contributed by atoms with E-state index in [2.05, 4.69) is 54.4 Å². The lowest BCUT2D eigenvalue weighted by Gasteiger charge is -2.34. The Bertz CT molecular complexity index is 368. The van der Waals surface area contributed by atoms with Crippen LogP contribution >= 0.6 is 0 Å². The highest BCUT2D eigenvalue weighted by Crippen LogP contribution is 2.16. The lowest BCUT2D eigenvalue weighted by atomic mass is 10.0. The third kappa shape index (κ3) is 5.80. The Morgan fingerprint density at radius 1 is 1.14 bits per heavy atom. The molecule has 0 saturated carbocycles. The first kappa shape index (κ1) is 16.5. The van der Waals surface area contributed by atoms with Gasteiger partial charge in [0.25, 0.3) is 0 Å². The van der Waals surface area contributed by atoms with Gasteiger partial charge in [-0.1, -0.05) is 57.0 Å². The van der Waals surface area contributed by atoms with Crippen LogP contribution in [0.15, 0.2) is 30.3 Å². The van der Waals surface area contributed by atoms with Crippen molar-refractivity contribution >= 4 is 0 Å². The summed E-state index contributed by atoms with van der Waals surface area (Å²) in [5.74, 6) is 0. The van der Waals surface area contributed by atoms with E-state index < -0.39 is 0 Å². The Labute approximate surface area is 130 Å². The molecule has 0 amide bonds. The lowest BCUT2D eigenvalue weighted by Crippen LogP contribution is -2.45. The number of piperidine rings is 1. The molecule has 118 valence electrons.